The highest BCUT2D eigenvalue weighted by atomic mass is 16.1. The molecule has 0 saturated carbocycles. The number of nitrogens with zero attached hydrogens (tertiary/aromatic N) is 1. The van der Waals surface area contributed by atoms with E-state index in [0.29, 0.717) is 11.9 Å². The number of anilines is 1. The van der Waals surface area contributed by atoms with Crippen molar-refractivity contribution in [1.82, 2.24) is 10.3 Å². The third-order valence-electron chi connectivity index (χ3n) is 1.99. The summed E-state index contributed by atoms with van der Waals surface area (Å²) in [5.41, 5.74) is 5.42. The average Bonchev–Trinajstić information content (AvgIpc) is 2.24. The van der Waals surface area contributed by atoms with Gasteiger partial charge in [0.2, 0.25) is 0 Å². The van der Waals surface area contributed by atoms with Crippen molar-refractivity contribution < 1.29 is 4.79 Å². The standard InChI is InChI=1S/C11H18N4O/c1-8(2)13-6-7-14-10-5-3-4-9(15-10)11(12)16/h3-5,8,13H,6-7H2,1-2H3,(H2,12,16)(H,14,15). The minimum Gasteiger partial charge on any atom is -0.369 e. The van der Waals surface area contributed by atoms with Crippen molar-refractivity contribution in [3.8, 4) is 0 Å². The van der Waals surface area contributed by atoms with Crippen LogP contribution >= 0.6 is 0 Å². The summed E-state index contributed by atoms with van der Waals surface area (Å²) < 4.78 is 0. The van der Waals surface area contributed by atoms with Gasteiger partial charge in [0.15, 0.2) is 0 Å². The summed E-state index contributed by atoms with van der Waals surface area (Å²) in [6.45, 7) is 5.78. The van der Waals surface area contributed by atoms with Gasteiger partial charge in [0.25, 0.3) is 5.91 Å². The van der Waals surface area contributed by atoms with Crippen LogP contribution in [0, 0.1) is 0 Å². The normalized spacial score (nSPS) is 10.4. The zero-order valence-electron chi connectivity index (χ0n) is 9.66. The highest BCUT2D eigenvalue weighted by molar-refractivity contribution is 5.91. The molecular weight excluding hydrogens is 204 g/mol. The number of hydrogen-bond donors (Lipinski definition) is 3. The second-order valence-electron chi connectivity index (χ2n) is 3.81. The van der Waals surface area contributed by atoms with E-state index in [-0.39, 0.29) is 5.69 Å². The van der Waals surface area contributed by atoms with Crippen LogP contribution in [-0.2, 0) is 0 Å². The number of carbonyl (C=O) groups is 1. The molecule has 88 valence electrons. The summed E-state index contributed by atoms with van der Waals surface area (Å²) >= 11 is 0. The molecular formula is C11H18N4O. The van der Waals surface area contributed by atoms with Gasteiger partial charge >= 0.3 is 0 Å². The van der Waals surface area contributed by atoms with E-state index in [9.17, 15) is 4.79 Å². The Morgan fingerprint density at radius 3 is 2.81 bits per heavy atom. The maximum Gasteiger partial charge on any atom is 0.267 e. The maximum absolute atomic E-state index is 10.9. The molecule has 0 atom stereocenters. The van der Waals surface area contributed by atoms with Gasteiger partial charge in [-0.15, -0.1) is 0 Å². The fourth-order valence-electron chi connectivity index (χ4n) is 1.22. The molecule has 1 aromatic heterocycles. The molecule has 0 radical (unpaired) electrons. The van der Waals surface area contributed by atoms with Crippen molar-refractivity contribution in [2.45, 2.75) is 19.9 Å². The molecule has 0 aliphatic carbocycles. The summed E-state index contributed by atoms with van der Waals surface area (Å²) in [6, 6.07) is 5.62. The molecule has 0 spiro atoms. The third-order valence-corrected chi connectivity index (χ3v) is 1.99. The average molecular weight is 222 g/mol. The number of aromatic nitrogens is 1. The highest BCUT2D eigenvalue weighted by Crippen LogP contribution is 2.03. The second-order valence-corrected chi connectivity index (χ2v) is 3.81. The quantitative estimate of drug-likeness (QED) is 0.615. The van der Waals surface area contributed by atoms with Crippen molar-refractivity contribution in [1.29, 1.82) is 0 Å². The minimum absolute atomic E-state index is 0.279. The molecule has 16 heavy (non-hydrogen) atoms. The summed E-state index contributed by atoms with van der Waals surface area (Å²) in [5.74, 6) is 0.158. The topological polar surface area (TPSA) is 80.0 Å². The minimum atomic E-state index is -0.510. The molecule has 0 bridgehead atoms. The highest BCUT2D eigenvalue weighted by Gasteiger charge is 2.02. The van der Waals surface area contributed by atoms with Crippen molar-refractivity contribution in [3.63, 3.8) is 0 Å². The summed E-state index contributed by atoms with van der Waals surface area (Å²) in [7, 11) is 0. The first-order valence-electron chi connectivity index (χ1n) is 5.33. The maximum atomic E-state index is 10.9. The van der Waals surface area contributed by atoms with Gasteiger partial charge in [-0.25, -0.2) is 4.98 Å². The van der Waals surface area contributed by atoms with Crippen LogP contribution in [0.3, 0.4) is 0 Å². The van der Waals surface area contributed by atoms with Gasteiger partial charge in [0.05, 0.1) is 0 Å². The van der Waals surface area contributed by atoms with Crippen molar-refractivity contribution >= 4 is 11.7 Å². The molecule has 1 aromatic rings. The molecule has 5 heteroatoms. The molecule has 1 amide bonds. The molecule has 0 aromatic carbocycles. The number of carbonyl (C=O) groups excluding carboxylic acids is 1. The van der Waals surface area contributed by atoms with Crippen LogP contribution in [0.1, 0.15) is 24.3 Å². The Morgan fingerprint density at radius 2 is 2.19 bits per heavy atom. The number of hydrogen-bond acceptors (Lipinski definition) is 4. The van der Waals surface area contributed by atoms with Crippen LogP contribution in [0.25, 0.3) is 0 Å². The van der Waals surface area contributed by atoms with Crippen molar-refractivity contribution in [2.24, 2.45) is 5.73 Å². The zero-order valence-corrected chi connectivity index (χ0v) is 9.66. The Kier molecular flexibility index (Phi) is 4.72. The Bertz CT molecular complexity index is 352. The largest absolute Gasteiger partial charge is 0.369 e. The first kappa shape index (κ1) is 12.4. The molecule has 4 N–H and O–H groups in total. The molecule has 0 fully saturated rings. The molecule has 0 aliphatic rings. The molecule has 5 nitrogen and oxygen atoms in total. The van der Waals surface area contributed by atoms with Crippen LogP contribution < -0.4 is 16.4 Å². The fraction of sp³-hybridized carbons (Fsp3) is 0.455. The van der Waals surface area contributed by atoms with E-state index in [0.717, 1.165) is 13.1 Å². The van der Waals surface area contributed by atoms with E-state index in [1.165, 1.54) is 0 Å². The number of amides is 1. The van der Waals surface area contributed by atoms with Gasteiger partial charge in [-0.1, -0.05) is 19.9 Å². The SMILES string of the molecule is CC(C)NCCNc1cccc(C(N)=O)n1. The number of rotatable bonds is 6. The van der Waals surface area contributed by atoms with E-state index >= 15 is 0 Å². The number of nitrogens with one attached hydrogen (secondary N) is 2. The fourth-order valence-corrected chi connectivity index (χ4v) is 1.22. The van der Waals surface area contributed by atoms with Crippen LogP contribution in [0.15, 0.2) is 18.2 Å². The third kappa shape index (κ3) is 4.27. The lowest BCUT2D eigenvalue weighted by Crippen LogP contribution is -2.28. The first-order chi connectivity index (χ1) is 7.59. The smallest absolute Gasteiger partial charge is 0.267 e. The van der Waals surface area contributed by atoms with Crippen molar-refractivity contribution in [3.05, 3.63) is 23.9 Å². The Labute approximate surface area is 95.4 Å². The first-order valence-corrected chi connectivity index (χ1v) is 5.33. The van der Waals surface area contributed by atoms with Gasteiger partial charge in [0, 0.05) is 19.1 Å². The van der Waals surface area contributed by atoms with E-state index in [2.05, 4.69) is 29.5 Å². The Balaban J connectivity index is 2.42. The van der Waals surface area contributed by atoms with Crippen LogP contribution in [-0.4, -0.2) is 30.0 Å². The molecule has 1 heterocycles. The molecule has 0 unspecified atom stereocenters. The lowest BCUT2D eigenvalue weighted by Gasteiger charge is -2.09. The van der Waals surface area contributed by atoms with Gasteiger partial charge in [0.1, 0.15) is 11.5 Å². The van der Waals surface area contributed by atoms with E-state index in [4.69, 9.17) is 5.73 Å². The van der Waals surface area contributed by atoms with E-state index < -0.39 is 5.91 Å². The van der Waals surface area contributed by atoms with Gasteiger partial charge < -0.3 is 16.4 Å². The molecule has 0 aliphatic heterocycles. The Hall–Kier alpha value is -1.62. The zero-order chi connectivity index (χ0) is 12.0. The summed E-state index contributed by atoms with van der Waals surface area (Å²) in [5, 5.41) is 6.39. The van der Waals surface area contributed by atoms with E-state index in [1.807, 2.05) is 6.07 Å². The number of nitrogens with two attached hydrogens (primary N) is 1. The second kappa shape index (κ2) is 6.07. The van der Waals surface area contributed by atoms with Crippen LogP contribution in [0.2, 0.25) is 0 Å². The summed E-state index contributed by atoms with van der Waals surface area (Å²) in [6.07, 6.45) is 0. The van der Waals surface area contributed by atoms with Gasteiger partial charge in [-0.3, -0.25) is 4.79 Å². The van der Waals surface area contributed by atoms with Crippen LogP contribution in [0.5, 0.6) is 0 Å². The summed E-state index contributed by atoms with van der Waals surface area (Å²) in [4.78, 5) is 15.0. The monoisotopic (exact) mass is 222 g/mol. The van der Waals surface area contributed by atoms with E-state index in [1.54, 1.807) is 12.1 Å². The predicted octanol–water partition coefficient (Wildman–Crippen LogP) is 0.590. The lowest BCUT2D eigenvalue weighted by molar-refractivity contribution is 0.0995. The lowest BCUT2D eigenvalue weighted by atomic mass is 10.3. The number of primary amides is 1. The van der Waals surface area contributed by atoms with Gasteiger partial charge in [-0.05, 0) is 12.1 Å². The Morgan fingerprint density at radius 1 is 1.44 bits per heavy atom. The van der Waals surface area contributed by atoms with Gasteiger partial charge in [-0.2, -0.15) is 0 Å². The predicted molar refractivity (Wildman–Crippen MR) is 64.4 cm³/mol. The number of pyridine rings is 1. The molecule has 1 rings (SSSR count). The molecule has 0 saturated heterocycles. The van der Waals surface area contributed by atoms with Crippen LogP contribution in [0.4, 0.5) is 5.82 Å². The van der Waals surface area contributed by atoms with Crippen molar-refractivity contribution in [2.75, 3.05) is 18.4 Å².